The second-order valence-electron chi connectivity index (χ2n) is 5.40. The van der Waals surface area contributed by atoms with Crippen LogP contribution >= 0.6 is 0 Å². The molecule has 1 aromatic heterocycles. The summed E-state index contributed by atoms with van der Waals surface area (Å²) in [6.45, 7) is 3.45. The SMILES string of the molecule is Cc1nn(C)cc1C(=O)Nc1ccc(CC(C)C(=O)O)cc1. The first-order valence-corrected chi connectivity index (χ1v) is 7.00. The maximum Gasteiger partial charge on any atom is 0.306 e. The Balaban J connectivity index is 2.03. The van der Waals surface area contributed by atoms with Crippen LogP contribution in [0.4, 0.5) is 5.69 Å². The average Bonchev–Trinajstić information content (AvgIpc) is 2.79. The number of carbonyl (C=O) groups is 2. The molecule has 0 radical (unpaired) electrons. The van der Waals surface area contributed by atoms with Gasteiger partial charge < -0.3 is 10.4 Å². The second-order valence-corrected chi connectivity index (χ2v) is 5.40. The number of amides is 1. The van der Waals surface area contributed by atoms with E-state index in [1.54, 1.807) is 43.9 Å². The number of hydrogen-bond acceptors (Lipinski definition) is 3. The predicted molar refractivity (Wildman–Crippen MR) is 82.8 cm³/mol. The van der Waals surface area contributed by atoms with Crippen molar-refractivity contribution in [2.24, 2.45) is 13.0 Å². The Morgan fingerprint density at radius 3 is 2.45 bits per heavy atom. The van der Waals surface area contributed by atoms with Crippen molar-refractivity contribution in [1.29, 1.82) is 0 Å². The molecule has 0 aliphatic rings. The van der Waals surface area contributed by atoms with Crippen molar-refractivity contribution in [2.75, 3.05) is 5.32 Å². The summed E-state index contributed by atoms with van der Waals surface area (Å²) in [6.07, 6.45) is 2.14. The summed E-state index contributed by atoms with van der Waals surface area (Å²) in [7, 11) is 1.77. The zero-order valence-electron chi connectivity index (χ0n) is 12.8. The monoisotopic (exact) mass is 301 g/mol. The Labute approximate surface area is 128 Å². The van der Waals surface area contributed by atoms with Crippen molar-refractivity contribution in [1.82, 2.24) is 9.78 Å². The van der Waals surface area contributed by atoms with Crippen LogP contribution in [-0.4, -0.2) is 26.8 Å². The molecule has 1 heterocycles. The highest BCUT2D eigenvalue weighted by atomic mass is 16.4. The van der Waals surface area contributed by atoms with E-state index < -0.39 is 11.9 Å². The van der Waals surface area contributed by atoms with Crippen LogP contribution in [-0.2, 0) is 18.3 Å². The molecular weight excluding hydrogens is 282 g/mol. The smallest absolute Gasteiger partial charge is 0.306 e. The van der Waals surface area contributed by atoms with Crippen molar-refractivity contribution in [3.05, 3.63) is 47.3 Å². The number of nitrogens with one attached hydrogen (secondary N) is 1. The summed E-state index contributed by atoms with van der Waals surface area (Å²) in [5.41, 5.74) is 2.79. The molecule has 0 fully saturated rings. The van der Waals surface area contributed by atoms with E-state index in [1.165, 1.54) is 0 Å². The molecule has 1 atom stereocenters. The fourth-order valence-electron chi connectivity index (χ4n) is 2.19. The van der Waals surface area contributed by atoms with Crippen LogP contribution in [0.1, 0.15) is 28.5 Å². The first-order chi connectivity index (χ1) is 10.4. The lowest BCUT2D eigenvalue weighted by Gasteiger charge is -2.08. The molecule has 2 aromatic rings. The molecule has 2 N–H and O–H groups in total. The highest BCUT2D eigenvalue weighted by molar-refractivity contribution is 6.04. The highest BCUT2D eigenvalue weighted by Crippen LogP contribution is 2.15. The van der Waals surface area contributed by atoms with Crippen LogP contribution in [0.2, 0.25) is 0 Å². The number of carboxylic acids is 1. The van der Waals surface area contributed by atoms with E-state index in [2.05, 4.69) is 10.4 Å². The number of rotatable bonds is 5. The molecule has 1 aromatic carbocycles. The van der Waals surface area contributed by atoms with Crippen molar-refractivity contribution < 1.29 is 14.7 Å². The van der Waals surface area contributed by atoms with Crippen LogP contribution in [0.25, 0.3) is 0 Å². The summed E-state index contributed by atoms with van der Waals surface area (Å²) in [5.74, 6) is -1.46. The standard InChI is InChI=1S/C16H19N3O3/c1-10(16(21)22)8-12-4-6-13(7-5-12)17-15(20)14-9-19(3)18-11(14)2/h4-7,9-10H,8H2,1-3H3,(H,17,20)(H,21,22). The molecule has 0 saturated carbocycles. The van der Waals surface area contributed by atoms with Crippen LogP contribution in [0.15, 0.2) is 30.5 Å². The largest absolute Gasteiger partial charge is 0.481 e. The number of carboxylic acid groups (broad SMARTS) is 1. The fraction of sp³-hybridized carbons (Fsp3) is 0.312. The van der Waals surface area contributed by atoms with Crippen molar-refractivity contribution in [3.63, 3.8) is 0 Å². The molecule has 6 nitrogen and oxygen atoms in total. The molecule has 0 aliphatic carbocycles. The zero-order valence-corrected chi connectivity index (χ0v) is 12.8. The third-order valence-electron chi connectivity index (χ3n) is 3.43. The summed E-state index contributed by atoms with van der Waals surface area (Å²) in [6, 6.07) is 7.19. The van der Waals surface area contributed by atoms with Gasteiger partial charge in [0.1, 0.15) is 0 Å². The van der Waals surface area contributed by atoms with E-state index in [4.69, 9.17) is 5.11 Å². The lowest BCUT2D eigenvalue weighted by atomic mass is 10.0. The summed E-state index contributed by atoms with van der Waals surface area (Å²) < 4.78 is 1.60. The molecule has 0 saturated heterocycles. The Bertz CT molecular complexity index is 689. The van der Waals surface area contributed by atoms with Crippen molar-refractivity contribution >= 4 is 17.6 Å². The molecule has 0 aliphatic heterocycles. The third-order valence-corrected chi connectivity index (χ3v) is 3.43. The Kier molecular flexibility index (Phi) is 4.60. The quantitative estimate of drug-likeness (QED) is 0.887. The minimum atomic E-state index is -0.815. The van der Waals surface area contributed by atoms with E-state index in [0.717, 1.165) is 5.56 Å². The molecular formula is C16H19N3O3. The zero-order chi connectivity index (χ0) is 16.3. The second kappa shape index (κ2) is 6.43. The Morgan fingerprint density at radius 1 is 1.32 bits per heavy atom. The van der Waals surface area contributed by atoms with Gasteiger partial charge in [-0.15, -0.1) is 0 Å². The maximum absolute atomic E-state index is 12.2. The topological polar surface area (TPSA) is 84.2 Å². The first kappa shape index (κ1) is 15.8. The van der Waals surface area contributed by atoms with E-state index in [1.807, 2.05) is 12.1 Å². The van der Waals surface area contributed by atoms with Gasteiger partial charge in [0, 0.05) is 18.9 Å². The van der Waals surface area contributed by atoms with Crippen LogP contribution in [0, 0.1) is 12.8 Å². The molecule has 22 heavy (non-hydrogen) atoms. The lowest BCUT2D eigenvalue weighted by Crippen LogP contribution is -2.13. The van der Waals surface area contributed by atoms with Gasteiger partial charge in [-0.3, -0.25) is 14.3 Å². The highest BCUT2D eigenvalue weighted by Gasteiger charge is 2.14. The predicted octanol–water partition coefficient (Wildman–Crippen LogP) is 2.24. The summed E-state index contributed by atoms with van der Waals surface area (Å²) >= 11 is 0. The van der Waals surface area contributed by atoms with Crippen molar-refractivity contribution in [2.45, 2.75) is 20.3 Å². The maximum atomic E-state index is 12.2. The third kappa shape index (κ3) is 3.72. The number of aliphatic carboxylic acids is 1. The molecule has 6 heteroatoms. The number of benzene rings is 1. The van der Waals surface area contributed by atoms with Gasteiger partial charge in [0.2, 0.25) is 0 Å². The van der Waals surface area contributed by atoms with Gasteiger partial charge in [-0.25, -0.2) is 0 Å². The number of aryl methyl sites for hydroxylation is 2. The first-order valence-electron chi connectivity index (χ1n) is 7.00. The van der Waals surface area contributed by atoms with Crippen LogP contribution in [0.5, 0.6) is 0 Å². The van der Waals surface area contributed by atoms with E-state index in [9.17, 15) is 9.59 Å². The number of nitrogens with zero attached hydrogens (tertiary/aromatic N) is 2. The van der Waals surface area contributed by atoms with Crippen LogP contribution < -0.4 is 5.32 Å². The molecule has 1 unspecified atom stereocenters. The van der Waals surface area contributed by atoms with Gasteiger partial charge in [0.25, 0.3) is 5.91 Å². The minimum Gasteiger partial charge on any atom is -0.481 e. The molecule has 2 rings (SSSR count). The average molecular weight is 301 g/mol. The van der Waals surface area contributed by atoms with E-state index in [0.29, 0.717) is 23.4 Å². The lowest BCUT2D eigenvalue weighted by molar-refractivity contribution is -0.141. The van der Waals surface area contributed by atoms with Crippen LogP contribution in [0.3, 0.4) is 0 Å². The summed E-state index contributed by atoms with van der Waals surface area (Å²) in [5, 5.41) is 15.9. The number of hydrogen-bond donors (Lipinski definition) is 2. The number of carbonyl (C=O) groups excluding carboxylic acids is 1. The summed E-state index contributed by atoms with van der Waals surface area (Å²) in [4.78, 5) is 23.0. The van der Waals surface area contributed by atoms with E-state index >= 15 is 0 Å². The Morgan fingerprint density at radius 2 is 1.95 bits per heavy atom. The van der Waals surface area contributed by atoms with E-state index in [-0.39, 0.29) is 5.91 Å². The Hall–Kier alpha value is -2.63. The fourth-order valence-corrected chi connectivity index (χ4v) is 2.19. The molecule has 116 valence electrons. The van der Waals surface area contributed by atoms with Gasteiger partial charge in [0.05, 0.1) is 17.2 Å². The van der Waals surface area contributed by atoms with Crippen molar-refractivity contribution in [3.8, 4) is 0 Å². The molecule has 1 amide bonds. The molecule has 0 spiro atoms. The van der Waals surface area contributed by atoms with Gasteiger partial charge in [-0.2, -0.15) is 5.10 Å². The minimum absolute atomic E-state index is 0.211. The van der Waals surface area contributed by atoms with Gasteiger partial charge >= 0.3 is 5.97 Å². The van der Waals surface area contributed by atoms with Gasteiger partial charge in [-0.1, -0.05) is 19.1 Å². The van der Waals surface area contributed by atoms with Gasteiger partial charge in [0.15, 0.2) is 0 Å². The van der Waals surface area contributed by atoms with Gasteiger partial charge in [-0.05, 0) is 31.0 Å². The normalized spacial score (nSPS) is 12.0. The number of aromatic nitrogens is 2. The molecule has 0 bridgehead atoms. The number of anilines is 1.